The molecule has 0 fully saturated rings. The molecule has 0 aliphatic carbocycles. The number of halogens is 1. The first-order valence-corrected chi connectivity index (χ1v) is 7.83. The number of primary amides is 1. The lowest BCUT2D eigenvalue weighted by atomic mass is 10.0. The predicted molar refractivity (Wildman–Crippen MR) is 91.6 cm³/mol. The van der Waals surface area contributed by atoms with Crippen molar-refractivity contribution < 1.29 is 14.4 Å². The fraction of sp³-hybridized carbons (Fsp3) is 0.312. The SMILES string of the molecule is C=C(Br)C[C@@H](NC(=O)[C@@H](Cc1ccccc1)NC(C)=O)C(N)=O. The number of hydrogen-bond donors (Lipinski definition) is 3. The molecule has 0 unspecified atom stereocenters. The van der Waals surface area contributed by atoms with Crippen LogP contribution in [0.25, 0.3) is 0 Å². The number of carbonyl (C=O) groups is 3. The molecule has 1 rings (SSSR count). The molecule has 3 amide bonds. The van der Waals surface area contributed by atoms with E-state index in [1.807, 2.05) is 30.3 Å². The maximum absolute atomic E-state index is 12.4. The van der Waals surface area contributed by atoms with Crippen LogP contribution in [0.3, 0.4) is 0 Å². The van der Waals surface area contributed by atoms with Crippen molar-refractivity contribution in [2.45, 2.75) is 31.8 Å². The minimum absolute atomic E-state index is 0.180. The van der Waals surface area contributed by atoms with E-state index in [0.717, 1.165) is 5.56 Å². The summed E-state index contributed by atoms with van der Waals surface area (Å²) in [5.74, 6) is -1.47. The van der Waals surface area contributed by atoms with E-state index >= 15 is 0 Å². The maximum atomic E-state index is 12.4. The highest BCUT2D eigenvalue weighted by atomic mass is 79.9. The number of rotatable bonds is 8. The van der Waals surface area contributed by atoms with E-state index in [1.54, 1.807) is 0 Å². The first-order chi connectivity index (χ1) is 10.8. The van der Waals surface area contributed by atoms with Crippen molar-refractivity contribution >= 4 is 33.7 Å². The third-order valence-corrected chi connectivity index (χ3v) is 3.39. The molecule has 0 radical (unpaired) electrons. The molecule has 0 heterocycles. The van der Waals surface area contributed by atoms with Crippen LogP contribution in [0.2, 0.25) is 0 Å². The third-order valence-electron chi connectivity index (χ3n) is 3.06. The third kappa shape index (κ3) is 7.10. The second-order valence-electron chi connectivity index (χ2n) is 5.13. The summed E-state index contributed by atoms with van der Waals surface area (Å²) in [6.07, 6.45) is 0.492. The van der Waals surface area contributed by atoms with Crippen molar-refractivity contribution in [3.8, 4) is 0 Å². The van der Waals surface area contributed by atoms with Gasteiger partial charge in [-0.2, -0.15) is 0 Å². The summed E-state index contributed by atoms with van der Waals surface area (Å²) in [6.45, 7) is 4.96. The Hall–Kier alpha value is -2.15. The summed E-state index contributed by atoms with van der Waals surface area (Å²) in [5.41, 5.74) is 6.17. The molecule has 1 aromatic carbocycles. The topological polar surface area (TPSA) is 101 Å². The summed E-state index contributed by atoms with van der Waals surface area (Å²) in [7, 11) is 0. The number of nitrogens with two attached hydrogens (primary N) is 1. The van der Waals surface area contributed by atoms with E-state index in [0.29, 0.717) is 10.9 Å². The minimum Gasteiger partial charge on any atom is -0.368 e. The zero-order valence-electron chi connectivity index (χ0n) is 12.8. The molecule has 0 aliphatic heterocycles. The largest absolute Gasteiger partial charge is 0.368 e. The fourth-order valence-corrected chi connectivity index (χ4v) is 2.34. The molecule has 1 aromatic rings. The average Bonchev–Trinajstić information content (AvgIpc) is 2.45. The molecule has 0 saturated heterocycles. The van der Waals surface area contributed by atoms with Crippen molar-refractivity contribution in [1.82, 2.24) is 10.6 Å². The zero-order chi connectivity index (χ0) is 17.4. The van der Waals surface area contributed by atoms with Crippen LogP contribution in [0.15, 0.2) is 41.4 Å². The molecule has 0 aromatic heterocycles. The highest BCUT2D eigenvalue weighted by Crippen LogP contribution is 2.10. The highest BCUT2D eigenvalue weighted by Gasteiger charge is 2.25. The van der Waals surface area contributed by atoms with E-state index in [2.05, 4.69) is 33.1 Å². The van der Waals surface area contributed by atoms with Gasteiger partial charge in [-0.25, -0.2) is 0 Å². The Morgan fingerprint density at radius 2 is 1.78 bits per heavy atom. The van der Waals surface area contributed by atoms with Crippen molar-refractivity contribution in [2.24, 2.45) is 5.73 Å². The lowest BCUT2D eigenvalue weighted by Gasteiger charge is -2.21. The van der Waals surface area contributed by atoms with Gasteiger partial charge in [0.2, 0.25) is 17.7 Å². The van der Waals surface area contributed by atoms with Crippen LogP contribution in [0.5, 0.6) is 0 Å². The summed E-state index contributed by atoms with van der Waals surface area (Å²) >= 11 is 3.14. The first kappa shape index (κ1) is 18.9. The molecule has 6 nitrogen and oxygen atoms in total. The van der Waals surface area contributed by atoms with Crippen LogP contribution in [-0.4, -0.2) is 29.8 Å². The van der Waals surface area contributed by atoms with Crippen molar-refractivity contribution in [3.05, 3.63) is 47.0 Å². The fourth-order valence-electron chi connectivity index (χ4n) is 2.02. The lowest BCUT2D eigenvalue weighted by Crippen LogP contribution is -2.53. The van der Waals surface area contributed by atoms with Gasteiger partial charge in [0, 0.05) is 19.8 Å². The molecule has 0 aliphatic rings. The number of hydrogen-bond acceptors (Lipinski definition) is 3. The Morgan fingerprint density at radius 1 is 1.17 bits per heavy atom. The molecule has 2 atom stereocenters. The quantitative estimate of drug-likeness (QED) is 0.625. The highest BCUT2D eigenvalue weighted by molar-refractivity contribution is 9.11. The van der Waals surface area contributed by atoms with Gasteiger partial charge in [0.25, 0.3) is 0 Å². The molecular weight excluding hydrogens is 362 g/mol. The summed E-state index contributed by atoms with van der Waals surface area (Å²) in [6, 6.07) is 7.59. The van der Waals surface area contributed by atoms with Crippen LogP contribution >= 0.6 is 15.9 Å². The Bertz CT molecular complexity index is 589. The van der Waals surface area contributed by atoms with Crippen molar-refractivity contribution in [2.75, 3.05) is 0 Å². The van der Waals surface area contributed by atoms with Crippen LogP contribution in [0.1, 0.15) is 18.9 Å². The smallest absolute Gasteiger partial charge is 0.243 e. The van der Waals surface area contributed by atoms with Gasteiger partial charge < -0.3 is 16.4 Å². The van der Waals surface area contributed by atoms with Gasteiger partial charge in [0.15, 0.2) is 0 Å². The minimum atomic E-state index is -0.888. The van der Waals surface area contributed by atoms with Gasteiger partial charge in [-0.1, -0.05) is 52.8 Å². The van der Waals surface area contributed by atoms with E-state index in [1.165, 1.54) is 6.92 Å². The van der Waals surface area contributed by atoms with Gasteiger partial charge in [-0.15, -0.1) is 0 Å². The molecule has 0 saturated carbocycles. The molecule has 7 heteroatoms. The Morgan fingerprint density at radius 3 is 2.26 bits per heavy atom. The van der Waals surface area contributed by atoms with Gasteiger partial charge >= 0.3 is 0 Å². The van der Waals surface area contributed by atoms with Gasteiger partial charge in [0.1, 0.15) is 12.1 Å². The van der Waals surface area contributed by atoms with Crippen LogP contribution < -0.4 is 16.4 Å². The van der Waals surface area contributed by atoms with Crippen molar-refractivity contribution in [1.29, 1.82) is 0 Å². The Balaban J connectivity index is 2.83. The summed E-state index contributed by atoms with van der Waals surface area (Å²) in [5, 5.41) is 5.14. The monoisotopic (exact) mass is 381 g/mol. The normalized spacial score (nSPS) is 12.8. The van der Waals surface area contributed by atoms with E-state index in [4.69, 9.17) is 5.73 Å². The Labute approximate surface area is 143 Å². The maximum Gasteiger partial charge on any atom is 0.243 e. The average molecular weight is 382 g/mol. The van der Waals surface area contributed by atoms with Crippen molar-refractivity contribution in [3.63, 3.8) is 0 Å². The second-order valence-corrected chi connectivity index (χ2v) is 6.25. The second kappa shape index (κ2) is 9.09. The molecular formula is C16H20BrN3O3. The summed E-state index contributed by atoms with van der Waals surface area (Å²) < 4.78 is 0.542. The van der Waals surface area contributed by atoms with Gasteiger partial charge in [0.05, 0.1) is 0 Å². The first-order valence-electron chi connectivity index (χ1n) is 7.03. The van der Waals surface area contributed by atoms with Crippen LogP contribution in [0, 0.1) is 0 Å². The predicted octanol–water partition coefficient (Wildman–Crippen LogP) is 1.00. The van der Waals surface area contributed by atoms with E-state index < -0.39 is 23.9 Å². The molecule has 124 valence electrons. The number of carbonyl (C=O) groups excluding carboxylic acids is 3. The lowest BCUT2D eigenvalue weighted by molar-refractivity contribution is -0.130. The molecule has 4 N–H and O–H groups in total. The number of nitrogens with one attached hydrogen (secondary N) is 2. The van der Waals surface area contributed by atoms with Gasteiger partial charge in [-0.05, 0) is 10.0 Å². The zero-order valence-corrected chi connectivity index (χ0v) is 14.4. The molecule has 0 spiro atoms. The molecule has 0 bridgehead atoms. The van der Waals surface area contributed by atoms with E-state index in [9.17, 15) is 14.4 Å². The number of benzene rings is 1. The number of amides is 3. The molecule has 23 heavy (non-hydrogen) atoms. The van der Waals surface area contributed by atoms with Crippen LogP contribution in [-0.2, 0) is 20.8 Å². The summed E-state index contributed by atoms with van der Waals surface area (Å²) in [4.78, 5) is 35.2. The van der Waals surface area contributed by atoms with Crippen LogP contribution in [0.4, 0.5) is 0 Å². The van der Waals surface area contributed by atoms with E-state index in [-0.39, 0.29) is 12.3 Å². The standard InChI is InChI=1S/C16H20BrN3O3/c1-10(17)8-13(15(18)22)20-16(23)14(19-11(2)21)9-12-6-4-3-5-7-12/h3-7,13-14H,1,8-9H2,2H3,(H2,18,22)(H,19,21)(H,20,23)/t13-,14-/m1/s1. The Kier molecular flexibility index (Phi) is 7.47. The van der Waals surface area contributed by atoms with Gasteiger partial charge in [-0.3, -0.25) is 14.4 Å².